The van der Waals surface area contributed by atoms with Crippen molar-refractivity contribution in [3.63, 3.8) is 0 Å². The minimum absolute atomic E-state index is 0.108. The van der Waals surface area contributed by atoms with E-state index < -0.39 is 0 Å². The van der Waals surface area contributed by atoms with Gasteiger partial charge >= 0.3 is 152 Å². The maximum atomic E-state index is 12.2. The standard InChI is InChI=1S/C22H34O3Se/c1-3-4-5-6-7-8-9-11-14-20(25-19(2)23)17-18-22(24)26-21-15-12-10-13-16-21/h10,12-13,15-16,20H,3-9,11,14,17-18H2,1-2H3. The molecule has 1 aromatic rings. The van der Waals surface area contributed by atoms with Gasteiger partial charge in [0.1, 0.15) is 0 Å². The van der Waals surface area contributed by atoms with Gasteiger partial charge in [-0.1, -0.05) is 13.3 Å². The predicted molar refractivity (Wildman–Crippen MR) is 109 cm³/mol. The SMILES string of the molecule is CCCCCCCCCCC(CCC(=O)[Se]c1ccccc1)OC(C)=O. The molecular formula is C22H34O3Se. The molecule has 1 atom stereocenters. The van der Waals surface area contributed by atoms with Crippen LogP contribution in [0, 0.1) is 0 Å². The fraction of sp³-hybridized carbons (Fsp3) is 0.636. The molecule has 0 aliphatic heterocycles. The van der Waals surface area contributed by atoms with E-state index in [2.05, 4.69) is 6.92 Å². The maximum absolute atomic E-state index is 12.2. The fourth-order valence-electron chi connectivity index (χ4n) is 2.95. The van der Waals surface area contributed by atoms with Crippen LogP contribution in [0.4, 0.5) is 0 Å². The van der Waals surface area contributed by atoms with E-state index in [-0.39, 0.29) is 31.7 Å². The summed E-state index contributed by atoms with van der Waals surface area (Å²) in [4.78, 5) is 23.5. The van der Waals surface area contributed by atoms with Gasteiger partial charge in [0.2, 0.25) is 0 Å². The normalized spacial score (nSPS) is 11.9. The van der Waals surface area contributed by atoms with E-state index in [4.69, 9.17) is 4.74 Å². The van der Waals surface area contributed by atoms with Crippen LogP contribution in [0.25, 0.3) is 0 Å². The molecule has 0 spiro atoms. The Hall–Kier alpha value is -1.12. The summed E-state index contributed by atoms with van der Waals surface area (Å²) in [6.45, 7) is 3.69. The number of ether oxygens (including phenoxy) is 1. The molecule has 0 amide bonds. The molecule has 1 rings (SSSR count). The summed E-state index contributed by atoms with van der Waals surface area (Å²) in [7, 11) is 0. The number of unbranched alkanes of at least 4 members (excludes halogenated alkanes) is 7. The number of carbonyl (C=O) groups excluding carboxylic acids is 2. The van der Waals surface area contributed by atoms with Crippen LogP contribution in [0.5, 0.6) is 0 Å². The van der Waals surface area contributed by atoms with Gasteiger partial charge in [-0.15, -0.1) is 0 Å². The Morgan fingerprint density at radius 3 is 2.15 bits per heavy atom. The van der Waals surface area contributed by atoms with E-state index in [1.54, 1.807) is 0 Å². The van der Waals surface area contributed by atoms with Crippen LogP contribution in [0.15, 0.2) is 30.3 Å². The van der Waals surface area contributed by atoms with Gasteiger partial charge in [0.25, 0.3) is 0 Å². The van der Waals surface area contributed by atoms with Crippen molar-refractivity contribution in [1.82, 2.24) is 0 Å². The zero-order valence-corrected chi connectivity index (χ0v) is 18.1. The number of benzene rings is 1. The number of hydrogen-bond acceptors (Lipinski definition) is 3. The Labute approximate surface area is 165 Å². The summed E-state index contributed by atoms with van der Waals surface area (Å²) in [6, 6.07) is 9.90. The third-order valence-corrected chi connectivity index (χ3v) is 6.33. The monoisotopic (exact) mass is 426 g/mol. The van der Waals surface area contributed by atoms with Gasteiger partial charge in [-0.3, -0.25) is 0 Å². The van der Waals surface area contributed by atoms with Crippen LogP contribution >= 0.6 is 0 Å². The first kappa shape index (κ1) is 22.9. The molecule has 1 unspecified atom stereocenters. The van der Waals surface area contributed by atoms with E-state index in [0.717, 1.165) is 17.3 Å². The zero-order chi connectivity index (χ0) is 19.0. The molecule has 0 N–H and O–H groups in total. The Bertz CT molecular complexity index is 501. The van der Waals surface area contributed by atoms with E-state index in [1.807, 2.05) is 30.3 Å². The van der Waals surface area contributed by atoms with Gasteiger partial charge in [0, 0.05) is 0 Å². The van der Waals surface area contributed by atoms with Gasteiger partial charge in [-0.2, -0.15) is 0 Å². The summed E-state index contributed by atoms with van der Waals surface area (Å²) in [6.07, 6.45) is 12.0. The van der Waals surface area contributed by atoms with E-state index >= 15 is 0 Å². The van der Waals surface area contributed by atoms with Crippen molar-refractivity contribution in [1.29, 1.82) is 0 Å². The number of rotatable bonds is 15. The van der Waals surface area contributed by atoms with Crippen molar-refractivity contribution in [3.05, 3.63) is 30.3 Å². The summed E-state index contributed by atoms with van der Waals surface area (Å²) >= 11 is -0.138. The number of carbonyl (C=O) groups is 2. The number of hydrogen-bond donors (Lipinski definition) is 0. The molecule has 0 fully saturated rings. The molecular weight excluding hydrogens is 391 g/mol. The average molecular weight is 425 g/mol. The second kappa shape index (κ2) is 15.0. The molecule has 146 valence electrons. The molecule has 0 saturated heterocycles. The topological polar surface area (TPSA) is 43.4 Å². The molecule has 3 nitrogen and oxygen atoms in total. The summed E-state index contributed by atoms with van der Waals surface area (Å²) < 4.78 is 6.81. The summed E-state index contributed by atoms with van der Waals surface area (Å²) in [5, 5.41) is 0. The molecule has 0 heterocycles. The molecule has 4 heteroatoms. The quantitative estimate of drug-likeness (QED) is 0.231. The van der Waals surface area contributed by atoms with E-state index in [1.165, 1.54) is 51.9 Å². The molecule has 0 radical (unpaired) electrons. The average Bonchev–Trinajstić information content (AvgIpc) is 2.62. The van der Waals surface area contributed by atoms with Gasteiger partial charge in [0.15, 0.2) is 0 Å². The Morgan fingerprint density at radius 2 is 1.54 bits per heavy atom. The van der Waals surface area contributed by atoms with Crippen molar-refractivity contribution in [3.8, 4) is 0 Å². The molecule has 0 aliphatic carbocycles. The van der Waals surface area contributed by atoms with Gasteiger partial charge in [-0.25, -0.2) is 0 Å². The summed E-state index contributed by atoms with van der Waals surface area (Å²) in [5.41, 5.74) is 0. The van der Waals surface area contributed by atoms with Crippen LogP contribution in [-0.2, 0) is 14.3 Å². The Balaban J connectivity index is 2.21. The van der Waals surface area contributed by atoms with Gasteiger partial charge in [0.05, 0.1) is 0 Å². The first-order valence-corrected chi connectivity index (χ1v) is 11.8. The van der Waals surface area contributed by atoms with Crippen molar-refractivity contribution in [2.75, 3.05) is 0 Å². The van der Waals surface area contributed by atoms with Crippen molar-refractivity contribution in [2.24, 2.45) is 0 Å². The molecule has 0 aliphatic rings. The third-order valence-electron chi connectivity index (χ3n) is 4.36. The predicted octanol–water partition coefficient (Wildman–Crippen LogP) is 4.79. The van der Waals surface area contributed by atoms with Crippen LogP contribution in [0.1, 0.15) is 84.5 Å². The van der Waals surface area contributed by atoms with Crippen molar-refractivity contribution in [2.45, 2.75) is 90.6 Å². The van der Waals surface area contributed by atoms with E-state index in [0.29, 0.717) is 12.8 Å². The van der Waals surface area contributed by atoms with Gasteiger partial charge in [-0.05, 0) is 0 Å². The van der Waals surface area contributed by atoms with Crippen molar-refractivity contribution >= 4 is 30.1 Å². The molecule has 0 aromatic heterocycles. The molecule has 1 aromatic carbocycles. The van der Waals surface area contributed by atoms with Crippen LogP contribution < -0.4 is 4.46 Å². The van der Waals surface area contributed by atoms with E-state index in [9.17, 15) is 9.59 Å². The first-order chi connectivity index (χ1) is 12.6. The third kappa shape index (κ3) is 12.3. The van der Waals surface area contributed by atoms with Crippen LogP contribution in [0.3, 0.4) is 0 Å². The first-order valence-electron chi connectivity index (χ1n) is 10.0. The number of esters is 1. The zero-order valence-electron chi connectivity index (χ0n) is 16.4. The van der Waals surface area contributed by atoms with Gasteiger partial charge < -0.3 is 0 Å². The molecule has 0 saturated carbocycles. The molecule has 26 heavy (non-hydrogen) atoms. The summed E-state index contributed by atoms with van der Waals surface area (Å²) in [5.74, 6) is -0.240. The van der Waals surface area contributed by atoms with Crippen LogP contribution in [-0.4, -0.2) is 31.7 Å². The fourth-order valence-corrected chi connectivity index (χ4v) is 4.58. The van der Waals surface area contributed by atoms with Crippen LogP contribution in [0.2, 0.25) is 0 Å². The Morgan fingerprint density at radius 1 is 0.923 bits per heavy atom. The van der Waals surface area contributed by atoms with Crippen molar-refractivity contribution < 1.29 is 14.3 Å². The molecule has 0 bridgehead atoms. The second-order valence-corrected chi connectivity index (χ2v) is 9.19. The second-order valence-electron chi connectivity index (χ2n) is 6.82. The Kier molecular flexibility index (Phi) is 13.2. The minimum atomic E-state index is -0.240.